The first-order valence-corrected chi connectivity index (χ1v) is 8.16. The number of carbonyl (C=O) groups is 1. The van der Waals surface area contributed by atoms with Crippen LogP contribution in [0, 0.1) is 17.2 Å². The zero-order valence-electron chi connectivity index (χ0n) is 13.8. The molecule has 0 aromatic rings. The Morgan fingerprint density at radius 2 is 2.09 bits per heavy atom. The number of amides is 1. The van der Waals surface area contributed by atoms with E-state index >= 15 is 0 Å². The summed E-state index contributed by atoms with van der Waals surface area (Å²) in [5.41, 5.74) is -0.831. The summed E-state index contributed by atoms with van der Waals surface area (Å²) >= 11 is 0. The minimum Gasteiger partial charge on any atom is -0.349 e. The molecule has 0 aromatic heterocycles. The topological polar surface area (TPSA) is 74.6 Å². The van der Waals surface area contributed by atoms with Gasteiger partial charge in [-0.25, -0.2) is 0 Å². The summed E-state index contributed by atoms with van der Waals surface area (Å²) in [4.78, 5) is 14.5. The molecule has 0 spiro atoms. The second kappa shape index (κ2) is 7.40. The maximum Gasteiger partial charge on any atom is 0.235 e. The van der Waals surface area contributed by atoms with Crippen LogP contribution in [0.1, 0.15) is 40.0 Å². The van der Waals surface area contributed by atoms with E-state index in [4.69, 9.17) is 9.47 Å². The van der Waals surface area contributed by atoms with Gasteiger partial charge in [-0.05, 0) is 32.2 Å². The van der Waals surface area contributed by atoms with E-state index in [0.29, 0.717) is 13.2 Å². The first-order valence-electron chi connectivity index (χ1n) is 8.16. The number of ether oxygens (including phenoxy) is 2. The molecule has 2 heterocycles. The lowest BCUT2D eigenvalue weighted by Gasteiger charge is -2.38. The monoisotopic (exact) mass is 309 g/mol. The number of carbonyl (C=O) groups excluding carboxylic acids is 1. The molecule has 0 radical (unpaired) electrons. The van der Waals surface area contributed by atoms with Crippen LogP contribution in [-0.4, -0.2) is 55.0 Å². The van der Waals surface area contributed by atoms with Gasteiger partial charge in [0.15, 0.2) is 6.29 Å². The highest BCUT2D eigenvalue weighted by atomic mass is 16.7. The fraction of sp³-hybridized carbons (Fsp3) is 0.875. The van der Waals surface area contributed by atoms with Crippen LogP contribution in [0.25, 0.3) is 0 Å². The Morgan fingerprint density at radius 3 is 2.68 bits per heavy atom. The summed E-state index contributed by atoms with van der Waals surface area (Å²) in [6.07, 6.45) is 2.97. The van der Waals surface area contributed by atoms with Crippen molar-refractivity contribution in [2.24, 2.45) is 5.92 Å². The Kier molecular flexibility index (Phi) is 5.79. The van der Waals surface area contributed by atoms with Gasteiger partial charge in [-0.2, -0.15) is 5.26 Å². The van der Waals surface area contributed by atoms with Gasteiger partial charge in [0.05, 0.1) is 31.9 Å². The van der Waals surface area contributed by atoms with Crippen molar-refractivity contribution < 1.29 is 14.3 Å². The van der Waals surface area contributed by atoms with Crippen molar-refractivity contribution in [1.29, 1.82) is 5.26 Å². The summed E-state index contributed by atoms with van der Waals surface area (Å²) in [6, 6.07) is 2.35. The van der Waals surface area contributed by atoms with E-state index in [1.54, 1.807) is 6.92 Å². The summed E-state index contributed by atoms with van der Waals surface area (Å²) in [6.45, 7) is 8.06. The maximum absolute atomic E-state index is 12.4. The van der Waals surface area contributed by atoms with Crippen molar-refractivity contribution in [2.75, 3.05) is 26.3 Å². The third-order valence-electron chi connectivity index (χ3n) is 4.76. The van der Waals surface area contributed by atoms with Crippen molar-refractivity contribution in [3.8, 4) is 6.07 Å². The quantitative estimate of drug-likeness (QED) is 0.828. The Labute approximate surface area is 132 Å². The highest BCUT2D eigenvalue weighted by Crippen LogP contribution is 2.24. The molecular weight excluding hydrogens is 282 g/mol. The lowest BCUT2D eigenvalue weighted by Crippen LogP contribution is -2.55. The molecule has 0 aliphatic carbocycles. The number of nitriles is 1. The molecule has 0 aromatic carbocycles. The molecule has 1 N–H and O–H groups in total. The Hall–Kier alpha value is -1.16. The van der Waals surface area contributed by atoms with Gasteiger partial charge in [0.2, 0.25) is 5.91 Å². The largest absolute Gasteiger partial charge is 0.349 e. The van der Waals surface area contributed by atoms with Gasteiger partial charge in [-0.1, -0.05) is 20.3 Å². The summed E-state index contributed by atoms with van der Waals surface area (Å²) in [7, 11) is 0. The van der Waals surface area contributed by atoms with Crippen LogP contribution in [0.5, 0.6) is 0 Å². The number of nitrogens with zero attached hydrogens (tertiary/aromatic N) is 2. The van der Waals surface area contributed by atoms with Crippen LogP contribution < -0.4 is 5.32 Å². The number of hydrogen-bond donors (Lipinski definition) is 1. The second-order valence-corrected chi connectivity index (χ2v) is 6.66. The Bertz CT molecular complexity index is 429. The van der Waals surface area contributed by atoms with Crippen LogP contribution in [-0.2, 0) is 14.3 Å². The molecule has 2 aliphatic rings. The molecule has 2 saturated heterocycles. The molecule has 6 nitrogen and oxygen atoms in total. The fourth-order valence-corrected chi connectivity index (χ4v) is 2.94. The smallest absolute Gasteiger partial charge is 0.235 e. The van der Waals surface area contributed by atoms with Gasteiger partial charge in [0.25, 0.3) is 0 Å². The predicted molar refractivity (Wildman–Crippen MR) is 81.9 cm³/mol. The number of nitrogens with one attached hydrogen (secondary N) is 1. The first-order chi connectivity index (χ1) is 10.5. The summed E-state index contributed by atoms with van der Waals surface area (Å²) < 4.78 is 11.2. The molecular formula is C16H27N3O3. The van der Waals surface area contributed by atoms with Gasteiger partial charge in [-0.3, -0.25) is 9.69 Å². The van der Waals surface area contributed by atoms with Gasteiger partial charge in [0, 0.05) is 0 Å². The molecule has 2 unspecified atom stereocenters. The van der Waals surface area contributed by atoms with Crippen LogP contribution in [0.2, 0.25) is 0 Å². The van der Waals surface area contributed by atoms with Crippen molar-refractivity contribution >= 4 is 5.91 Å². The van der Waals surface area contributed by atoms with Gasteiger partial charge in [0.1, 0.15) is 5.54 Å². The zero-order valence-corrected chi connectivity index (χ0v) is 13.8. The Morgan fingerprint density at radius 1 is 1.41 bits per heavy atom. The number of hydrogen-bond acceptors (Lipinski definition) is 5. The van der Waals surface area contributed by atoms with Crippen LogP contribution in [0.15, 0.2) is 0 Å². The Balaban J connectivity index is 1.95. The summed E-state index contributed by atoms with van der Waals surface area (Å²) in [5.74, 6) is -0.0530. The molecule has 0 saturated carbocycles. The molecule has 2 rings (SSSR count). The van der Waals surface area contributed by atoms with Crippen LogP contribution >= 0.6 is 0 Å². The molecule has 22 heavy (non-hydrogen) atoms. The molecule has 124 valence electrons. The van der Waals surface area contributed by atoms with E-state index in [9.17, 15) is 10.1 Å². The molecule has 2 atom stereocenters. The molecule has 6 heteroatoms. The highest BCUT2D eigenvalue weighted by molar-refractivity contribution is 5.79. The van der Waals surface area contributed by atoms with Gasteiger partial charge in [-0.15, -0.1) is 0 Å². The van der Waals surface area contributed by atoms with E-state index in [2.05, 4.69) is 16.3 Å². The average molecular weight is 309 g/mol. The van der Waals surface area contributed by atoms with E-state index in [-0.39, 0.29) is 30.7 Å². The van der Waals surface area contributed by atoms with Crippen molar-refractivity contribution in [2.45, 2.75) is 57.9 Å². The molecule has 1 amide bonds. The molecule has 0 bridgehead atoms. The van der Waals surface area contributed by atoms with E-state index < -0.39 is 5.54 Å². The molecule has 2 aliphatic heterocycles. The minimum atomic E-state index is -0.831. The summed E-state index contributed by atoms with van der Waals surface area (Å²) in [5, 5.41) is 12.2. The lowest BCUT2D eigenvalue weighted by atomic mass is 9.90. The lowest BCUT2D eigenvalue weighted by molar-refractivity contribution is -0.132. The standard InChI is InChI=1S/C16H27N3O3/c1-12(2)16(3,11-17)18-14(20)10-19-7-5-4-6-13(19)15-21-8-9-22-15/h12-13,15H,4-10H2,1-3H3,(H,18,20). The average Bonchev–Trinajstić information content (AvgIpc) is 3.01. The highest BCUT2D eigenvalue weighted by Gasteiger charge is 2.36. The number of rotatable bonds is 5. The van der Waals surface area contributed by atoms with E-state index in [1.807, 2.05) is 13.8 Å². The third-order valence-corrected chi connectivity index (χ3v) is 4.76. The third kappa shape index (κ3) is 3.97. The van der Waals surface area contributed by atoms with Gasteiger partial charge >= 0.3 is 0 Å². The van der Waals surface area contributed by atoms with Crippen molar-refractivity contribution in [3.05, 3.63) is 0 Å². The normalized spacial score (nSPS) is 26.6. The van der Waals surface area contributed by atoms with E-state index in [0.717, 1.165) is 25.8 Å². The predicted octanol–water partition coefficient (Wildman–Crippen LogP) is 1.27. The van der Waals surface area contributed by atoms with Crippen molar-refractivity contribution in [1.82, 2.24) is 10.2 Å². The molecule has 2 fully saturated rings. The van der Waals surface area contributed by atoms with Crippen molar-refractivity contribution in [3.63, 3.8) is 0 Å². The SMILES string of the molecule is CC(C)C(C)(C#N)NC(=O)CN1CCCCC1C1OCCO1. The zero-order chi connectivity index (χ0) is 16.2. The van der Waals surface area contributed by atoms with E-state index in [1.165, 1.54) is 0 Å². The second-order valence-electron chi connectivity index (χ2n) is 6.66. The van der Waals surface area contributed by atoms with Crippen LogP contribution in [0.4, 0.5) is 0 Å². The number of piperidine rings is 1. The van der Waals surface area contributed by atoms with Crippen LogP contribution in [0.3, 0.4) is 0 Å². The fourth-order valence-electron chi connectivity index (χ4n) is 2.94. The number of likely N-dealkylation sites (tertiary alicyclic amines) is 1. The first kappa shape index (κ1) is 17.2. The van der Waals surface area contributed by atoms with Gasteiger partial charge < -0.3 is 14.8 Å². The maximum atomic E-state index is 12.4. The minimum absolute atomic E-state index is 0.0556.